The molecule has 3 heterocycles. The second-order valence-corrected chi connectivity index (χ2v) is 10.3. The molecule has 0 bridgehead atoms. The number of rotatable bonds is 9. The molecule has 0 aliphatic rings. The summed E-state index contributed by atoms with van der Waals surface area (Å²) < 4.78 is 8.72. The Labute approximate surface area is 278 Å². The number of imidazole rings is 1. The number of likely N-dealkylation sites (N-methyl/N-ethyl adjacent to an activating group) is 1. The molecular formula is C28H27BrCl4N6O4. The highest BCUT2D eigenvalue weighted by Crippen LogP contribution is 2.35. The summed E-state index contributed by atoms with van der Waals surface area (Å²) in [4.78, 5) is 46.6. The van der Waals surface area contributed by atoms with E-state index in [1.54, 1.807) is 37.4 Å². The van der Waals surface area contributed by atoms with Crippen molar-refractivity contribution in [2.75, 3.05) is 25.5 Å². The minimum Gasteiger partial charge on any atom is -0.485 e. The number of fused-ring (bicyclic) bond motifs is 1. The maximum atomic E-state index is 12.9. The van der Waals surface area contributed by atoms with Crippen LogP contribution in [-0.4, -0.2) is 52.7 Å². The first kappa shape index (κ1) is 35.8. The van der Waals surface area contributed by atoms with E-state index in [4.69, 9.17) is 27.9 Å². The molecule has 2 N–H and O–H groups in total. The van der Waals surface area contributed by atoms with Crippen LogP contribution in [-0.2, 0) is 16.2 Å². The zero-order chi connectivity index (χ0) is 29.7. The number of aromatic nitrogens is 3. The number of halogens is 5. The van der Waals surface area contributed by atoms with Crippen molar-refractivity contribution in [3.05, 3.63) is 92.0 Å². The maximum absolute atomic E-state index is 12.9. The summed E-state index contributed by atoms with van der Waals surface area (Å²) in [5.74, 6) is -0.649. The van der Waals surface area contributed by atoms with E-state index in [9.17, 15) is 14.4 Å². The number of nitrogens with one attached hydrogen (secondary N) is 2. The number of hydrogen-bond donors (Lipinski definition) is 2. The van der Waals surface area contributed by atoms with Crippen molar-refractivity contribution in [2.24, 2.45) is 0 Å². The van der Waals surface area contributed by atoms with Crippen LogP contribution < -0.4 is 20.3 Å². The fourth-order valence-electron chi connectivity index (χ4n) is 3.78. The summed E-state index contributed by atoms with van der Waals surface area (Å²) in [7, 11) is 3.06. The fourth-order valence-corrected chi connectivity index (χ4v) is 4.76. The van der Waals surface area contributed by atoms with Crippen LogP contribution in [0.25, 0.3) is 11.7 Å². The van der Waals surface area contributed by atoms with Gasteiger partial charge in [0.15, 0.2) is 11.4 Å². The van der Waals surface area contributed by atoms with Crippen LogP contribution in [0.1, 0.15) is 27.3 Å². The van der Waals surface area contributed by atoms with Gasteiger partial charge in [-0.2, -0.15) is 0 Å². The van der Waals surface area contributed by atoms with Crippen molar-refractivity contribution < 1.29 is 19.1 Å². The molecule has 0 aliphatic carbocycles. The van der Waals surface area contributed by atoms with Gasteiger partial charge in [0, 0.05) is 43.2 Å². The molecule has 1 aromatic carbocycles. The van der Waals surface area contributed by atoms with E-state index in [1.807, 2.05) is 23.6 Å². The Morgan fingerprint density at radius 3 is 2.56 bits per heavy atom. The summed E-state index contributed by atoms with van der Waals surface area (Å²) in [5.41, 5.74) is 3.23. The predicted molar refractivity (Wildman–Crippen MR) is 176 cm³/mol. The van der Waals surface area contributed by atoms with Gasteiger partial charge in [0.05, 0.1) is 22.9 Å². The molecule has 4 rings (SSSR count). The second kappa shape index (κ2) is 15.9. The zero-order valence-corrected chi connectivity index (χ0v) is 27.8. The van der Waals surface area contributed by atoms with Gasteiger partial charge in [-0.15, -0.1) is 24.8 Å². The molecule has 0 saturated carbocycles. The molecule has 10 nitrogen and oxygen atoms in total. The summed E-state index contributed by atoms with van der Waals surface area (Å²) in [6.07, 6.45) is 6.13. The maximum Gasteiger partial charge on any atom is 0.269 e. The molecule has 0 aliphatic heterocycles. The SMILES string of the molecule is CNC(=O)c1ccc(/C=C/C(=O)NCC(=O)N(C)c2ccc(Cl)c(COc3cccn4c(Br)c(C)nc34)c2Cl)cn1.Cl.Cl. The topological polar surface area (TPSA) is 118 Å². The standard InChI is InChI=1S/C28H25BrCl2N6O4.2ClH/c1-16-26(29)37-12-4-5-22(27(37)35-16)41-15-18-19(30)8-10-21(25(18)31)36(3)24(39)14-34-23(38)11-7-17-6-9-20(33-13-17)28(40)32-2;;/h4-13H,14-15H2,1-3H3,(H,32,40)(H,34,38);2*1H/b11-7+;;. The van der Waals surface area contributed by atoms with E-state index in [0.29, 0.717) is 33.2 Å². The third-order valence-electron chi connectivity index (χ3n) is 6.08. The molecule has 43 heavy (non-hydrogen) atoms. The number of amides is 3. The number of pyridine rings is 2. The van der Waals surface area contributed by atoms with E-state index in [1.165, 1.54) is 30.3 Å². The third-order valence-corrected chi connectivity index (χ3v) is 7.81. The van der Waals surface area contributed by atoms with Crippen LogP contribution in [0.4, 0.5) is 5.69 Å². The smallest absolute Gasteiger partial charge is 0.269 e. The van der Waals surface area contributed by atoms with Gasteiger partial charge in [0.25, 0.3) is 5.91 Å². The molecule has 0 fully saturated rings. The monoisotopic (exact) mass is 730 g/mol. The normalized spacial score (nSPS) is 10.6. The van der Waals surface area contributed by atoms with Crippen LogP contribution in [0, 0.1) is 6.92 Å². The average molecular weight is 733 g/mol. The first-order valence-electron chi connectivity index (χ1n) is 12.2. The minimum atomic E-state index is -0.478. The van der Waals surface area contributed by atoms with Gasteiger partial charge in [-0.05, 0) is 64.8 Å². The Bertz CT molecular complexity index is 1660. The lowest BCUT2D eigenvalue weighted by molar-refractivity contribution is -0.122. The van der Waals surface area contributed by atoms with E-state index in [-0.39, 0.29) is 54.6 Å². The van der Waals surface area contributed by atoms with Crippen LogP contribution in [0.2, 0.25) is 10.0 Å². The van der Waals surface area contributed by atoms with E-state index in [2.05, 4.69) is 36.5 Å². The highest BCUT2D eigenvalue weighted by atomic mass is 79.9. The molecule has 3 aromatic heterocycles. The number of benzene rings is 1. The van der Waals surface area contributed by atoms with Crippen LogP contribution in [0.3, 0.4) is 0 Å². The molecule has 15 heteroatoms. The number of nitrogens with zero attached hydrogens (tertiary/aromatic N) is 4. The highest BCUT2D eigenvalue weighted by molar-refractivity contribution is 9.10. The van der Waals surface area contributed by atoms with E-state index in [0.717, 1.165) is 10.3 Å². The highest BCUT2D eigenvalue weighted by Gasteiger charge is 2.20. The van der Waals surface area contributed by atoms with Crippen molar-refractivity contribution >= 4 is 99.1 Å². The molecule has 3 amide bonds. The number of carbonyl (C=O) groups is 3. The lowest BCUT2D eigenvalue weighted by Crippen LogP contribution is -2.37. The Kier molecular flexibility index (Phi) is 13.3. The van der Waals surface area contributed by atoms with Gasteiger partial charge >= 0.3 is 0 Å². The lowest BCUT2D eigenvalue weighted by Gasteiger charge is -2.21. The van der Waals surface area contributed by atoms with Crippen LogP contribution >= 0.6 is 63.9 Å². The van der Waals surface area contributed by atoms with Crippen molar-refractivity contribution in [1.29, 1.82) is 0 Å². The first-order valence-corrected chi connectivity index (χ1v) is 13.8. The van der Waals surface area contributed by atoms with Crippen LogP contribution in [0.15, 0.2) is 59.5 Å². The lowest BCUT2D eigenvalue weighted by atomic mass is 10.2. The second-order valence-electron chi connectivity index (χ2n) is 8.76. The van der Waals surface area contributed by atoms with Crippen molar-refractivity contribution in [2.45, 2.75) is 13.5 Å². The zero-order valence-electron chi connectivity index (χ0n) is 23.1. The molecule has 0 atom stereocenters. The van der Waals surface area contributed by atoms with Crippen LogP contribution in [0.5, 0.6) is 5.75 Å². The summed E-state index contributed by atoms with van der Waals surface area (Å²) in [6.45, 7) is 1.65. The molecule has 0 saturated heterocycles. The third kappa shape index (κ3) is 8.39. The van der Waals surface area contributed by atoms with E-state index < -0.39 is 11.8 Å². The number of anilines is 1. The molecule has 0 radical (unpaired) electrons. The van der Waals surface area contributed by atoms with Crippen molar-refractivity contribution in [3.8, 4) is 5.75 Å². The summed E-state index contributed by atoms with van der Waals surface area (Å²) in [6, 6.07) is 10.1. The Balaban J connectivity index is 0.00000323. The molecule has 0 spiro atoms. The van der Waals surface area contributed by atoms with Gasteiger partial charge in [-0.25, -0.2) is 4.98 Å². The Hall–Kier alpha value is -3.35. The fraction of sp³-hybridized carbons (Fsp3) is 0.179. The molecule has 4 aromatic rings. The van der Waals surface area contributed by atoms with Gasteiger partial charge in [0.2, 0.25) is 11.8 Å². The predicted octanol–water partition coefficient (Wildman–Crippen LogP) is 5.68. The summed E-state index contributed by atoms with van der Waals surface area (Å²) >= 11 is 16.6. The largest absolute Gasteiger partial charge is 0.485 e. The summed E-state index contributed by atoms with van der Waals surface area (Å²) in [5, 5.41) is 5.66. The quantitative estimate of drug-likeness (QED) is 0.214. The molecule has 228 valence electrons. The number of carbonyl (C=O) groups excluding carboxylic acids is 3. The van der Waals surface area contributed by atoms with E-state index >= 15 is 0 Å². The first-order chi connectivity index (χ1) is 19.6. The van der Waals surface area contributed by atoms with Gasteiger partial charge in [-0.3, -0.25) is 23.8 Å². The number of aryl methyl sites for hydroxylation is 1. The number of ether oxygens (including phenoxy) is 1. The van der Waals surface area contributed by atoms with Gasteiger partial charge in [0.1, 0.15) is 16.9 Å². The van der Waals surface area contributed by atoms with Gasteiger partial charge < -0.3 is 20.3 Å². The number of hydrogen-bond acceptors (Lipinski definition) is 6. The minimum absolute atomic E-state index is 0. The Morgan fingerprint density at radius 1 is 1.14 bits per heavy atom. The van der Waals surface area contributed by atoms with Crippen molar-refractivity contribution in [3.63, 3.8) is 0 Å². The average Bonchev–Trinajstić information content (AvgIpc) is 3.27. The Morgan fingerprint density at radius 2 is 1.88 bits per heavy atom. The molecule has 0 unspecified atom stereocenters. The molecular weight excluding hydrogens is 706 g/mol. The van der Waals surface area contributed by atoms with Gasteiger partial charge in [-0.1, -0.05) is 29.3 Å². The van der Waals surface area contributed by atoms with Crippen molar-refractivity contribution in [1.82, 2.24) is 25.0 Å².